The van der Waals surface area contributed by atoms with E-state index in [1.165, 1.54) is 32.5 Å². The van der Waals surface area contributed by atoms with E-state index in [-0.39, 0.29) is 4.75 Å². The Morgan fingerprint density at radius 1 is 1.11 bits per heavy atom. The molecule has 0 bridgehead atoms. The molecule has 0 atom stereocenters. The Bertz CT molecular complexity index is 244. The van der Waals surface area contributed by atoms with E-state index < -0.39 is 0 Å². The molecule has 0 unspecified atom stereocenters. The van der Waals surface area contributed by atoms with Gasteiger partial charge in [0, 0.05) is 23.9 Å². The third kappa shape index (κ3) is 6.44. The highest BCUT2D eigenvalue weighted by Crippen LogP contribution is 2.23. The van der Waals surface area contributed by atoms with Crippen LogP contribution in [-0.2, 0) is 0 Å². The quantitative estimate of drug-likeness (QED) is 0.786. The van der Waals surface area contributed by atoms with Crippen molar-refractivity contribution in [2.24, 2.45) is 5.41 Å². The maximum Gasteiger partial charge on any atom is 0.0200 e. The van der Waals surface area contributed by atoms with E-state index in [1.807, 2.05) is 0 Å². The summed E-state index contributed by atoms with van der Waals surface area (Å²) in [5, 5.41) is 0. The molecule has 0 saturated carbocycles. The zero-order valence-corrected chi connectivity index (χ0v) is 14.1. The molecule has 0 spiro atoms. The van der Waals surface area contributed by atoms with Gasteiger partial charge in [0.25, 0.3) is 0 Å². The Balaban J connectivity index is 2.35. The minimum Gasteiger partial charge on any atom is -0.303 e. The summed E-state index contributed by atoms with van der Waals surface area (Å²) in [6.45, 7) is 16.2. The molecule has 1 fully saturated rings. The van der Waals surface area contributed by atoms with Crippen LogP contribution in [0.15, 0.2) is 0 Å². The minimum atomic E-state index is 0.108. The molecule has 1 saturated heterocycles. The van der Waals surface area contributed by atoms with Crippen LogP contribution in [0.25, 0.3) is 0 Å². The van der Waals surface area contributed by atoms with Gasteiger partial charge in [-0.05, 0) is 52.2 Å². The summed E-state index contributed by atoms with van der Waals surface area (Å²) in [4.78, 5) is 5.12. The number of thiol groups is 1. The van der Waals surface area contributed by atoms with E-state index >= 15 is 0 Å². The highest BCUT2D eigenvalue weighted by molar-refractivity contribution is 7.81. The predicted molar refractivity (Wildman–Crippen MR) is 84.6 cm³/mol. The van der Waals surface area contributed by atoms with Crippen LogP contribution >= 0.6 is 12.6 Å². The zero-order valence-electron chi connectivity index (χ0n) is 13.2. The zero-order chi connectivity index (χ0) is 14.0. The van der Waals surface area contributed by atoms with Crippen molar-refractivity contribution >= 4 is 12.6 Å². The molecule has 0 aliphatic carbocycles. The van der Waals surface area contributed by atoms with Crippen molar-refractivity contribution in [2.75, 3.05) is 33.2 Å². The number of hydrogen-bond donors (Lipinski definition) is 1. The molecule has 0 aromatic heterocycles. The average molecular weight is 273 g/mol. The molecule has 0 amide bonds. The van der Waals surface area contributed by atoms with Crippen LogP contribution in [0, 0.1) is 5.41 Å². The summed E-state index contributed by atoms with van der Waals surface area (Å²) in [7, 11) is 2.25. The molecular weight excluding hydrogens is 240 g/mol. The summed E-state index contributed by atoms with van der Waals surface area (Å²) >= 11 is 4.64. The molecule has 18 heavy (non-hydrogen) atoms. The van der Waals surface area contributed by atoms with E-state index in [9.17, 15) is 0 Å². The number of nitrogens with zero attached hydrogens (tertiary/aromatic N) is 2. The van der Waals surface area contributed by atoms with E-state index in [0.29, 0.717) is 5.41 Å². The lowest BCUT2D eigenvalue weighted by Gasteiger charge is -2.40. The van der Waals surface area contributed by atoms with Crippen molar-refractivity contribution in [3.63, 3.8) is 0 Å². The summed E-state index contributed by atoms with van der Waals surface area (Å²) in [6, 6.07) is 0.743. The summed E-state index contributed by atoms with van der Waals surface area (Å²) in [5.74, 6) is 0. The van der Waals surface area contributed by atoms with Gasteiger partial charge in [-0.25, -0.2) is 0 Å². The molecule has 1 rings (SSSR count). The van der Waals surface area contributed by atoms with Crippen LogP contribution in [0.1, 0.15) is 47.5 Å². The van der Waals surface area contributed by atoms with Crippen LogP contribution in [0.3, 0.4) is 0 Å². The lowest BCUT2D eigenvalue weighted by molar-refractivity contribution is 0.0993. The second kappa shape index (κ2) is 6.15. The summed E-state index contributed by atoms with van der Waals surface area (Å²) in [6.07, 6.45) is 2.60. The van der Waals surface area contributed by atoms with Crippen molar-refractivity contribution in [1.82, 2.24) is 9.80 Å². The van der Waals surface area contributed by atoms with Crippen molar-refractivity contribution < 1.29 is 0 Å². The topological polar surface area (TPSA) is 6.48 Å². The standard InChI is InChI=1S/C15H32N2S/c1-14(2,3)11-17-9-7-13(8-10-17)16(6)12-15(4,5)18/h13,18H,7-12H2,1-6H3. The Morgan fingerprint density at radius 2 is 1.61 bits per heavy atom. The fourth-order valence-corrected chi connectivity index (χ4v) is 3.15. The molecule has 1 aliphatic heterocycles. The maximum absolute atomic E-state index is 4.64. The lowest BCUT2D eigenvalue weighted by Crippen LogP contribution is -2.47. The molecule has 1 aliphatic rings. The summed E-state index contributed by atoms with van der Waals surface area (Å²) in [5.41, 5.74) is 0.422. The predicted octanol–water partition coefficient (Wildman–Crippen LogP) is 3.14. The molecule has 108 valence electrons. The van der Waals surface area contributed by atoms with Crippen LogP contribution in [-0.4, -0.2) is 53.8 Å². The van der Waals surface area contributed by atoms with Gasteiger partial charge in [-0.1, -0.05) is 20.8 Å². The van der Waals surface area contributed by atoms with Gasteiger partial charge in [-0.2, -0.15) is 12.6 Å². The molecule has 3 heteroatoms. The molecule has 2 nitrogen and oxygen atoms in total. The van der Waals surface area contributed by atoms with Gasteiger partial charge in [0.05, 0.1) is 0 Å². The van der Waals surface area contributed by atoms with Crippen LogP contribution < -0.4 is 0 Å². The number of likely N-dealkylation sites (tertiary alicyclic amines) is 1. The highest BCUT2D eigenvalue weighted by Gasteiger charge is 2.27. The van der Waals surface area contributed by atoms with Crippen LogP contribution in [0.2, 0.25) is 0 Å². The smallest absolute Gasteiger partial charge is 0.0200 e. The Hall–Kier alpha value is 0.270. The molecule has 0 radical (unpaired) electrons. The first-order valence-electron chi connectivity index (χ1n) is 7.22. The van der Waals surface area contributed by atoms with Crippen molar-refractivity contribution in [3.05, 3.63) is 0 Å². The Kier molecular flexibility index (Phi) is 5.58. The minimum absolute atomic E-state index is 0.108. The van der Waals surface area contributed by atoms with E-state index in [4.69, 9.17) is 0 Å². The van der Waals surface area contributed by atoms with E-state index in [1.54, 1.807) is 0 Å². The maximum atomic E-state index is 4.64. The molecule has 0 aromatic rings. The molecule has 0 aromatic carbocycles. The molecule has 0 N–H and O–H groups in total. The van der Waals surface area contributed by atoms with Gasteiger partial charge in [0.1, 0.15) is 0 Å². The third-order valence-electron chi connectivity index (χ3n) is 3.51. The second-order valence-electron chi connectivity index (χ2n) is 7.80. The van der Waals surface area contributed by atoms with Crippen LogP contribution in [0.4, 0.5) is 0 Å². The number of rotatable bonds is 4. The molecular formula is C15H32N2S. The first-order valence-corrected chi connectivity index (χ1v) is 7.66. The average Bonchev–Trinajstić information content (AvgIpc) is 2.13. The van der Waals surface area contributed by atoms with Gasteiger partial charge in [0.2, 0.25) is 0 Å². The van der Waals surface area contributed by atoms with Gasteiger partial charge < -0.3 is 9.80 Å². The van der Waals surface area contributed by atoms with Crippen molar-refractivity contribution in [3.8, 4) is 0 Å². The lowest BCUT2D eigenvalue weighted by atomic mass is 9.94. The van der Waals surface area contributed by atoms with Gasteiger partial charge in [0.15, 0.2) is 0 Å². The van der Waals surface area contributed by atoms with E-state index in [2.05, 4.69) is 64.1 Å². The second-order valence-corrected chi connectivity index (χ2v) is 9.01. The van der Waals surface area contributed by atoms with Crippen molar-refractivity contribution in [1.29, 1.82) is 0 Å². The van der Waals surface area contributed by atoms with Gasteiger partial charge in [-0.3, -0.25) is 0 Å². The number of piperidine rings is 1. The van der Waals surface area contributed by atoms with Gasteiger partial charge in [-0.15, -0.1) is 0 Å². The first kappa shape index (κ1) is 16.3. The van der Waals surface area contributed by atoms with Crippen LogP contribution in [0.5, 0.6) is 0 Å². The monoisotopic (exact) mass is 272 g/mol. The number of hydrogen-bond acceptors (Lipinski definition) is 3. The van der Waals surface area contributed by atoms with Crippen molar-refractivity contribution in [2.45, 2.75) is 58.2 Å². The highest BCUT2D eigenvalue weighted by atomic mass is 32.1. The first-order chi connectivity index (χ1) is 8.07. The SMILES string of the molecule is CN(CC(C)(C)S)C1CCN(CC(C)(C)C)CC1. The summed E-state index contributed by atoms with van der Waals surface area (Å²) < 4.78 is 0.108. The fraction of sp³-hybridized carbons (Fsp3) is 1.00. The third-order valence-corrected chi connectivity index (χ3v) is 3.66. The normalized spacial score (nSPS) is 20.7. The largest absolute Gasteiger partial charge is 0.303 e. The Labute approximate surface area is 120 Å². The Morgan fingerprint density at radius 3 is 2.00 bits per heavy atom. The fourth-order valence-electron chi connectivity index (χ4n) is 2.93. The van der Waals surface area contributed by atoms with E-state index in [0.717, 1.165) is 12.6 Å². The van der Waals surface area contributed by atoms with Gasteiger partial charge >= 0.3 is 0 Å². The molecule has 1 heterocycles.